The number of hydrogen-bond donors (Lipinski definition) is 4. The highest BCUT2D eigenvalue weighted by molar-refractivity contribution is 5.73. The zero-order valence-corrected chi connectivity index (χ0v) is 8.87. The first-order valence-corrected chi connectivity index (χ1v) is 4.81. The molecule has 0 aromatic carbocycles. The summed E-state index contributed by atoms with van der Waals surface area (Å²) in [6, 6.07) is -0.976. The molecule has 7 nitrogen and oxygen atoms in total. The van der Waals surface area contributed by atoms with Crippen molar-refractivity contribution in [2.75, 3.05) is 13.7 Å². The van der Waals surface area contributed by atoms with Crippen molar-refractivity contribution >= 4 is 5.91 Å². The van der Waals surface area contributed by atoms with Gasteiger partial charge in [-0.05, 0) is 0 Å². The van der Waals surface area contributed by atoms with Gasteiger partial charge in [-0.3, -0.25) is 4.79 Å². The summed E-state index contributed by atoms with van der Waals surface area (Å²) in [5, 5.41) is 30.8. The highest BCUT2D eigenvalue weighted by Crippen LogP contribution is 2.21. The number of aliphatic hydroxyl groups is 3. The van der Waals surface area contributed by atoms with Crippen molar-refractivity contribution in [3.63, 3.8) is 0 Å². The predicted octanol–water partition coefficient (Wildman–Crippen LogP) is -2.42. The van der Waals surface area contributed by atoms with Gasteiger partial charge in [0.25, 0.3) is 0 Å². The van der Waals surface area contributed by atoms with Crippen molar-refractivity contribution in [1.29, 1.82) is 0 Å². The van der Waals surface area contributed by atoms with E-state index in [2.05, 4.69) is 5.32 Å². The Kier molecular flexibility index (Phi) is 4.08. The van der Waals surface area contributed by atoms with Crippen LogP contribution in [-0.4, -0.2) is 65.6 Å². The van der Waals surface area contributed by atoms with Crippen molar-refractivity contribution in [2.24, 2.45) is 0 Å². The second-order valence-electron chi connectivity index (χ2n) is 3.60. The topological polar surface area (TPSA) is 108 Å². The molecular formula is C9H17NO6. The standard InChI is InChI=1S/C9H17NO6/c1-4(12)10-6-8(15-2)7(13)5(3-11)16-9(6)14/h5-9,11,13-14H,3H2,1-2H3,(H,10,12)/t5-,6+,7-,8-,9?/m1/s1/i2D. The fraction of sp³-hybridized carbons (Fsp3) is 0.889. The molecule has 1 unspecified atom stereocenters. The van der Waals surface area contributed by atoms with Gasteiger partial charge in [-0.1, -0.05) is 0 Å². The van der Waals surface area contributed by atoms with Crippen LogP contribution in [-0.2, 0) is 14.3 Å². The van der Waals surface area contributed by atoms with E-state index in [1.165, 1.54) is 6.92 Å². The molecule has 1 heterocycles. The summed E-state index contributed by atoms with van der Waals surface area (Å²) in [5.41, 5.74) is 0. The van der Waals surface area contributed by atoms with E-state index in [1.807, 2.05) is 0 Å². The van der Waals surface area contributed by atoms with Gasteiger partial charge in [0.2, 0.25) is 5.91 Å². The number of amides is 1. The summed E-state index contributed by atoms with van der Waals surface area (Å²) in [7, 11) is -0.442. The van der Waals surface area contributed by atoms with Crippen molar-refractivity contribution in [1.82, 2.24) is 5.32 Å². The highest BCUT2D eigenvalue weighted by Gasteiger charge is 2.45. The minimum Gasteiger partial charge on any atom is -0.394 e. The summed E-state index contributed by atoms with van der Waals surface area (Å²) in [5.74, 6) is -0.425. The highest BCUT2D eigenvalue weighted by atomic mass is 16.6. The Morgan fingerprint density at radius 1 is 1.62 bits per heavy atom. The van der Waals surface area contributed by atoms with Crippen LogP contribution in [0.5, 0.6) is 0 Å². The Hall–Kier alpha value is -0.730. The quantitative estimate of drug-likeness (QED) is 0.434. The molecular weight excluding hydrogens is 218 g/mol. The van der Waals surface area contributed by atoms with E-state index in [-0.39, 0.29) is 0 Å². The maximum atomic E-state index is 11.0. The molecule has 1 aliphatic heterocycles. The Balaban J connectivity index is 2.81. The predicted molar refractivity (Wildman–Crippen MR) is 52.4 cm³/mol. The smallest absolute Gasteiger partial charge is 0.217 e. The van der Waals surface area contributed by atoms with E-state index in [4.69, 9.17) is 16.0 Å². The van der Waals surface area contributed by atoms with Crippen molar-refractivity contribution < 1.29 is 31.0 Å². The number of nitrogens with one attached hydrogen (secondary N) is 1. The first-order valence-electron chi connectivity index (χ1n) is 5.52. The second kappa shape index (κ2) is 5.55. The monoisotopic (exact) mass is 236 g/mol. The summed E-state index contributed by atoms with van der Waals surface area (Å²) in [6.45, 7) is 0.748. The van der Waals surface area contributed by atoms with Gasteiger partial charge in [-0.2, -0.15) is 0 Å². The van der Waals surface area contributed by atoms with Crippen LogP contribution in [0.4, 0.5) is 0 Å². The third-order valence-electron chi connectivity index (χ3n) is 2.44. The first-order chi connectivity index (χ1) is 8.01. The molecule has 1 rings (SSSR count). The van der Waals surface area contributed by atoms with Gasteiger partial charge in [0.05, 0.1) is 7.98 Å². The van der Waals surface area contributed by atoms with Crippen LogP contribution in [0, 0.1) is 0 Å². The molecule has 1 amide bonds. The number of carbonyl (C=O) groups excluding carboxylic acids is 1. The molecule has 0 bridgehead atoms. The Bertz CT molecular complexity index is 266. The number of hydrogen-bond acceptors (Lipinski definition) is 6. The summed E-state index contributed by atoms with van der Waals surface area (Å²) in [4.78, 5) is 11.0. The Labute approximate surface area is 94.4 Å². The van der Waals surface area contributed by atoms with E-state index in [1.54, 1.807) is 0 Å². The molecule has 0 spiro atoms. The fourth-order valence-electron chi connectivity index (χ4n) is 1.67. The van der Waals surface area contributed by atoms with Crippen LogP contribution < -0.4 is 5.32 Å². The Morgan fingerprint density at radius 2 is 2.31 bits per heavy atom. The molecule has 1 fully saturated rings. The van der Waals surface area contributed by atoms with Gasteiger partial charge < -0.3 is 30.1 Å². The molecule has 0 aromatic rings. The largest absolute Gasteiger partial charge is 0.394 e. The summed E-state index contributed by atoms with van der Waals surface area (Å²) < 4.78 is 16.9. The maximum Gasteiger partial charge on any atom is 0.217 e. The number of ether oxygens (including phenoxy) is 2. The lowest BCUT2D eigenvalue weighted by Gasteiger charge is -2.41. The third-order valence-corrected chi connectivity index (χ3v) is 2.44. The van der Waals surface area contributed by atoms with Gasteiger partial charge in [0.1, 0.15) is 24.4 Å². The minimum absolute atomic E-state index is 0.425. The SMILES string of the molecule is [2H]CO[C@H]1[C@H](O)[C@@H](CO)OC(O)[C@H]1NC(C)=O. The van der Waals surface area contributed by atoms with Gasteiger partial charge in [-0.15, -0.1) is 0 Å². The molecule has 1 aliphatic rings. The van der Waals surface area contributed by atoms with E-state index >= 15 is 0 Å². The number of rotatable bonds is 3. The van der Waals surface area contributed by atoms with Gasteiger partial charge >= 0.3 is 0 Å². The number of carbonyl (C=O) groups is 1. The minimum atomic E-state index is -1.41. The van der Waals surface area contributed by atoms with Gasteiger partial charge in [0.15, 0.2) is 6.29 Å². The molecule has 0 radical (unpaired) electrons. The molecule has 0 aromatic heterocycles. The molecule has 1 saturated heterocycles. The van der Waals surface area contributed by atoms with Crippen molar-refractivity contribution in [3.05, 3.63) is 0 Å². The molecule has 5 atom stereocenters. The van der Waals surface area contributed by atoms with Crippen LogP contribution in [0.3, 0.4) is 0 Å². The summed E-state index contributed by atoms with van der Waals surface area (Å²) in [6.07, 6.45) is -4.65. The Morgan fingerprint density at radius 3 is 2.81 bits per heavy atom. The van der Waals surface area contributed by atoms with Crippen LogP contribution in [0.15, 0.2) is 0 Å². The number of methoxy groups -OCH3 is 1. The van der Waals surface area contributed by atoms with Gasteiger partial charge in [-0.25, -0.2) is 0 Å². The zero-order valence-electron chi connectivity index (χ0n) is 9.87. The van der Waals surface area contributed by atoms with E-state index in [0.717, 1.165) is 0 Å². The summed E-state index contributed by atoms with van der Waals surface area (Å²) >= 11 is 0. The van der Waals surface area contributed by atoms with Gasteiger partial charge in [0, 0.05) is 14.0 Å². The molecule has 0 aliphatic carbocycles. The van der Waals surface area contributed by atoms with E-state index in [0.29, 0.717) is 0 Å². The fourth-order valence-corrected chi connectivity index (χ4v) is 1.67. The third kappa shape index (κ3) is 2.69. The normalized spacial score (nSPS) is 40.2. The lowest BCUT2D eigenvalue weighted by Crippen LogP contribution is -2.64. The zero-order chi connectivity index (χ0) is 13.0. The average Bonchev–Trinajstić information content (AvgIpc) is 2.27. The molecule has 16 heavy (non-hydrogen) atoms. The van der Waals surface area contributed by atoms with Crippen molar-refractivity contribution in [3.8, 4) is 0 Å². The van der Waals surface area contributed by atoms with Crippen LogP contribution in [0.1, 0.15) is 8.29 Å². The molecule has 94 valence electrons. The molecule has 7 heteroatoms. The van der Waals surface area contributed by atoms with Crippen LogP contribution >= 0.6 is 0 Å². The lowest BCUT2D eigenvalue weighted by atomic mass is 9.97. The first kappa shape index (κ1) is 11.7. The molecule has 4 N–H and O–H groups in total. The maximum absolute atomic E-state index is 11.0. The van der Waals surface area contributed by atoms with E-state index < -0.39 is 50.2 Å². The van der Waals surface area contributed by atoms with Crippen LogP contribution in [0.2, 0.25) is 0 Å². The second-order valence-corrected chi connectivity index (χ2v) is 3.60. The van der Waals surface area contributed by atoms with Crippen LogP contribution in [0.25, 0.3) is 0 Å². The molecule has 0 saturated carbocycles. The number of aliphatic hydroxyl groups excluding tert-OH is 3. The van der Waals surface area contributed by atoms with Crippen molar-refractivity contribution in [2.45, 2.75) is 37.6 Å². The average molecular weight is 236 g/mol. The van der Waals surface area contributed by atoms with E-state index in [9.17, 15) is 15.0 Å². The lowest BCUT2D eigenvalue weighted by molar-refractivity contribution is -0.258.